The minimum atomic E-state index is -0.213. The summed E-state index contributed by atoms with van der Waals surface area (Å²) >= 11 is 5.84. The van der Waals surface area contributed by atoms with Gasteiger partial charge in [0.15, 0.2) is 0 Å². The fourth-order valence-corrected chi connectivity index (χ4v) is 2.09. The van der Waals surface area contributed by atoms with Gasteiger partial charge in [-0.15, -0.1) is 0 Å². The number of amides is 1. The molecule has 0 bridgehead atoms. The molecule has 2 aromatic rings. The molecule has 0 aliphatic carbocycles. The summed E-state index contributed by atoms with van der Waals surface area (Å²) in [6, 6.07) is 13.1. The van der Waals surface area contributed by atoms with Crippen LogP contribution < -0.4 is 11.1 Å². The van der Waals surface area contributed by atoms with Gasteiger partial charge >= 0.3 is 0 Å². The summed E-state index contributed by atoms with van der Waals surface area (Å²) in [7, 11) is 0. The topological polar surface area (TPSA) is 55.1 Å². The van der Waals surface area contributed by atoms with E-state index in [2.05, 4.69) is 31.3 Å². The SMILES string of the molecule is CC(C)c1ccc(/C=C/C(=O)Nc2ccc(Cl)c(N)c2)cc1. The summed E-state index contributed by atoms with van der Waals surface area (Å²) in [4.78, 5) is 11.9. The van der Waals surface area contributed by atoms with E-state index < -0.39 is 0 Å². The molecule has 0 saturated carbocycles. The molecule has 3 N–H and O–H groups in total. The maximum Gasteiger partial charge on any atom is 0.248 e. The fourth-order valence-electron chi connectivity index (χ4n) is 1.97. The Labute approximate surface area is 135 Å². The Morgan fingerprint density at radius 1 is 1.18 bits per heavy atom. The lowest BCUT2D eigenvalue weighted by Crippen LogP contribution is -2.08. The Morgan fingerprint density at radius 3 is 2.45 bits per heavy atom. The largest absolute Gasteiger partial charge is 0.397 e. The lowest BCUT2D eigenvalue weighted by Gasteiger charge is -2.05. The normalized spacial score (nSPS) is 11.1. The van der Waals surface area contributed by atoms with E-state index in [4.69, 9.17) is 17.3 Å². The number of carbonyl (C=O) groups excluding carboxylic acids is 1. The molecule has 0 fully saturated rings. The summed E-state index contributed by atoms with van der Waals surface area (Å²) in [6.07, 6.45) is 3.27. The van der Waals surface area contributed by atoms with Crippen LogP contribution >= 0.6 is 11.6 Å². The predicted molar refractivity (Wildman–Crippen MR) is 94.1 cm³/mol. The quantitative estimate of drug-likeness (QED) is 0.635. The van der Waals surface area contributed by atoms with Gasteiger partial charge in [-0.3, -0.25) is 4.79 Å². The van der Waals surface area contributed by atoms with Crippen LogP contribution in [0.2, 0.25) is 5.02 Å². The molecule has 0 saturated heterocycles. The third kappa shape index (κ3) is 4.37. The number of anilines is 2. The van der Waals surface area contributed by atoms with Gasteiger partial charge in [0.2, 0.25) is 5.91 Å². The van der Waals surface area contributed by atoms with Gasteiger partial charge in [0, 0.05) is 11.8 Å². The predicted octanol–water partition coefficient (Wildman–Crippen LogP) is 4.70. The zero-order chi connectivity index (χ0) is 16.1. The minimum Gasteiger partial charge on any atom is -0.397 e. The Hall–Kier alpha value is -2.26. The van der Waals surface area contributed by atoms with Gasteiger partial charge in [-0.1, -0.05) is 49.7 Å². The second-order valence-corrected chi connectivity index (χ2v) is 5.79. The first-order valence-electron chi connectivity index (χ1n) is 7.10. The number of nitrogens with one attached hydrogen (secondary N) is 1. The molecule has 22 heavy (non-hydrogen) atoms. The van der Waals surface area contributed by atoms with Crippen molar-refractivity contribution in [2.75, 3.05) is 11.1 Å². The van der Waals surface area contributed by atoms with Gasteiger partial charge < -0.3 is 11.1 Å². The number of rotatable bonds is 4. The number of nitrogens with two attached hydrogens (primary N) is 1. The van der Waals surface area contributed by atoms with Crippen LogP contribution in [-0.2, 0) is 4.79 Å². The van der Waals surface area contributed by atoms with Crippen LogP contribution in [0.3, 0.4) is 0 Å². The minimum absolute atomic E-state index is 0.213. The molecule has 1 amide bonds. The number of hydrogen-bond donors (Lipinski definition) is 2. The van der Waals surface area contributed by atoms with Gasteiger partial charge in [-0.2, -0.15) is 0 Å². The van der Waals surface area contributed by atoms with Crippen LogP contribution in [0, 0.1) is 0 Å². The molecule has 0 radical (unpaired) electrons. The van der Waals surface area contributed by atoms with Crippen LogP contribution in [-0.4, -0.2) is 5.91 Å². The van der Waals surface area contributed by atoms with Crippen molar-refractivity contribution >= 4 is 35.0 Å². The molecule has 0 aromatic heterocycles. The van der Waals surface area contributed by atoms with E-state index in [0.29, 0.717) is 22.3 Å². The first-order valence-corrected chi connectivity index (χ1v) is 7.47. The lowest BCUT2D eigenvalue weighted by atomic mass is 10.0. The summed E-state index contributed by atoms with van der Waals surface area (Å²) in [5.74, 6) is 0.284. The Kier molecular flexibility index (Phi) is 5.23. The molecule has 3 nitrogen and oxygen atoms in total. The Morgan fingerprint density at radius 2 is 1.86 bits per heavy atom. The molecular weight excluding hydrogens is 296 g/mol. The van der Waals surface area contributed by atoms with E-state index in [1.54, 1.807) is 24.3 Å². The fraction of sp³-hybridized carbons (Fsp3) is 0.167. The van der Waals surface area contributed by atoms with Gasteiger partial charge in [0.25, 0.3) is 0 Å². The number of halogens is 1. The highest BCUT2D eigenvalue weighted by molar-refractivity contribution is 6.33. The van der Waals surface area contributed by atoms with Gasteiger partial charge in [-0.05, 0) is 41.3 Å². The highest BCUT2D eigenvalue weighted by atomic mass is 35.5. The van der Waals surface area contributed by atoms with E-state index in [0.717, 1.165) is 5.56 Å². The Bertz CT molecular complexity index is 691. The summed E-state index contributed by atoms with van der Waals surface area (Å²) < 4.78 is 0. The van der Waals surface area contributed by atoms with E-state index >= 15 is 0 Å². The average Bonchev–Trinajstić information content (AvgIpc) is 2.49. The maximum atomic E-state index is 11.9. The van der Waals surface area contributed by atoms with Crippen LogP contribution in [0.25, 0.3) is 6.08 Å². The number of benzene rings is 2. The molecule has 2 rings (SSSR count). The molecule has 114 valence electrons. The monoisotopic (exact) mass is 314 g/mol. The second-order valence-electron chi connectivity index (χ2n) is 5.38. The van der Waals surface area contributed by atoms with Crippen LogP contribution in [0.15, 0.2) is 48.5 Å². The number of nitrogen functional groups attached to an aromatic ring is 1. The van der Waals surface area contributed by atoms with Crippen LogP contribution in [0.5, 0.6) is 0 Å². The number of carbonyl (C=O) groups is 1. The van der Waals surface area contributed by atoms with E-state index in [9.17, 15) is 4.79 Å². The first kappa shape index (κ1) is 16.1. The molecule has 0 spiro atoms. The summed E-state index contributed by atoms with van der Waals surface area (Å²) in [6.45, 7) is 4.30. The highest BCUT2D eigenvalue weighted by Gasteiger charge is 2.01. The molecule has 4 heteroatoms. The van der Waals surface area contributed by atoms with Gasteiger partial charge in [0.05, 0.1) is 10.7 Å². The molecule has 0 heterocycles. The van der Waals surface area contributed by atoms with E-state index in [1.807, 2.05) is 12.1 Å². The van der Waals surface area contributed by atoms with Gasteiger partial charge in [0.1, 0.15) is 0 Å². The van der Waals surface area contributed by atoms with Crippen molar-refractivity contribution < 1.29 is 4.79 Å². The summed E-state index contributed by atoms with van der Waals surface area (Å²) in [5.41, 5.74) is 9.01. The smallest absolute Gasteiger partial charge is 0.248 e. The average molecular weight is 315 g/mol. The molecule has 0 aliphatic heterocycles. The standard InChI is InChI=1S/C18H19ClN2O/c1-12(2)14-6-3-13(4-7-14)5-10-18(22)21-15-8-9-16(19)17(20)11-15/h3-12H,20H2,1-2H3,(H,21,22)/b10-5+. The van der Waals surface area contributed by atoms with E-state index in [1.165, 1.54) is 11.6 Å². The third-order valence-electron chi connectivity index (χ3n) is 3.29. The zero-order valence-corrected chi connectivity index (χ0v) is 13.4. The second kappa shape index (κ2) is 7.14. The number of hydrogen-bond acceptors (Lipinski definition) is 2. The van der Waals surface area contributed by atoms with Crippen LogP contribution in [0.1, 0.15) is 30.9 Å². The molecule has 2 aromatic carbocycles. The highest BCUT2D eigenvalue weighted by Crippen LogP contribution is 2.22. The van der Waals surface area contributed by atoms with Crippen molar-refractivity contribution in [3.05, 3.63) is 64.7 Å². The maximum absolute atomic E-state index is 11.9. The first-order chi connectivity index (χ1) is 10.5. The van der Waals surface area contributed by atoms with Gasteiger partial charge in [-0.25, -0.2) is 0 Å². The molecule has 0 aliphatic rings. The Balaban J connectivity index is 2.00. The van der Waals surface area contributed by atoms with Crippen LogP contribution in [0.4, 0.5) is 11.4 Å². The summed E-state index contributed by atoms with van der Waals surface area (Å²) in [5, 5.41) is 3.22. The van der Waals surface area contributed by atoms with Crippen molar-refractivity contribution in [2.24, 2.45) is 0 Å². The van der Waals surface area contributed by atoms with Crippen molar-refractivity contribution in [1.29, 1.82) is 0 Å². The molecular formula is C18H19ClN2O. The van der Waals surface area contributed by atoms with Crippen molar-refractivity contribution in [2.45, 2.75) is 19.8 Å². The van der Waals surface area contributed by atoms with E-state index in [-0.39, 0.29) is 5.91 Å². The van der Waals surface area contributed by atoms with Crippen molar-refractivity contribution in [3.8, 4) is 0 Å². The molecule has 0 unspecified atom stereocenters. The molecule has 0 atom stereocenters. The zero-order valence-electron chi connectivity index (χ0n) is 12.6. The third-order valence-corrected chi connectivity index (χ3v) is 3.64. The van der Waals surface area contributed by atoms with Crippen molar-refractivity contribution in [1.82, 2.24) is 0 Å². The lowest BCUT2D eigenvalue weighted by molar-refractivity contribution is -0.111. The van der Waals surface area contributed by atoms with Crippen molar-refractivity contribution in [3.63, 3.8) is 0 Å².